The number of hydrogen-bond acceptors (Lipinski definition) is 3. The Balaban J connectivity index is 1.75. The van der Waals surface area contributed by atoms with Gasteiger partial charge in [-0.15, -0.1) is 0 Å². The predicted molar refractivity (Wildman–Crippen MR) is 79.3 cm³/mol. The van der Waals surface area contributed by atoms with Crippen LogP contribution in [0.1, 0.15) is 12.5 Å². The Kier molecular flexibility index (Phi) is 4.52. The van der Waals surface area contributed by atoms with E-state index in [1.807, 2.05) is 0 Å². The highest BCUT2D eigenvalue weighted by atomic mass is 19.1. The molecule has 0 saturated carbocycles. The fraction of sp³-hybridized carbons (Fsp3) is 0.625. The van der Waals surface area contributed by atoms with Crippen molar-refractivity contribution in [3.8, 4) is 0 Å². The Morgan fingerprint density at radius 1 is 1.24 bits per heavy atom. The first-order valence-electron chi connectivity index (χ1n) is 7.81. The molecule has 0 radical (unpaired) electrons. The molecule has 3 aliphatic rings. The van der Waals surface area contributed by atoms with Crippen molar-refractivity contribution >= 4 is 0 Å². The SMILES string of the molecule is CCNC(Cc1ccc(F)cc1F)C1CN2CCN1CC2. The van der Waals surface area contributed by atoms with E-state index in [1.54, 1.807) is 6.07 Å². The Hall–Kier alpha value is -1.04. The molecular formula is C16H23F2N3. The van der Waals surface area contributed by atoms with Gasteiger partial charge in [-0.1, -0.05) is 13.0 Å². The molecule has 21 heavy (non-hydrogen) atoms. The molecule has 2 atom stereocenters. The van der Waals surface area contributed by atoms with Gasteiger partial charge in [0.25, 0.3) is 0 Å². The van der Waals surface area contributed by atoms with Gasteiger partial charge in [0.05, 0.1) is 0 Å². The average molecular weight is 295 g/mol. The van der Waals surface area contributed by atoms with E-state index >= 15 is 0 Å². The summed E-state index contributed by atoms with van der Waals surface area (Å²) in [6, 6.07) is 4.52. The zero-order valence-corrected chi connectivity index (χ0v) is 12.5. The van der Waals surface area contributed by atoms with E-state index in [4.69, 9.17) is 0 Å². The van der Waals surface area contributed by atoms with Crippen molar-refractivity contribution in [2.45, 2.75) is 25.4 Å². The zero-order valence-electron chi connectivity index (χ0n) is 12.5. The molecule has 0 spiro atoms. The molecule has 5 heteroatoms. The largest absolute Gasteiger partial charge is 0.312 e. The lowest BCUT2D eigenvalue weighted by atomic mass is 9.94. The first kappa shape index (κ1) is 14.9. The lowest BCUT2D eigenvalue weighted by Gasteiger charge is -2.50. The molecule has 3 saturated heterocycles. The molecule has 3 nitrogen and oxygen atoms in total. The fourth-order valence-electron chi connectivity index (χ4n) is 3.57. The minimum Gasteiger partial charge on any atom is -0.312 e. The third-order valence-electron chi connectivity index (χ3n) is 4.71. The predicted octanol–water partition coefficient (Wildman–Crippen LogP) is 1.49. The number of piperazine rings is 3. The number of nitrogens with zero attached hydrogens (tertiary/aromatic N) is 2. The number of halogens is 2. The lowest BCUT2D eigenvalue weighted by Crippen LogP contribution is -2.66. The number of hydrogen-bond donors (Lipinski definition) is 1. The van der Waals surface area contributed by atoms with Crippen molar-refractivity contribution in [3.63, 3.8) is 0 Å². The van der Waals surface area contributed by atoms with E-state index in [2.05, 4.69) is 22.0 Å². The van der Waals surface area contributed by atoms with Crippen molar-refractivity contribution in [2.24, 2.45) is 0 Å². The quantitative estimate of drug-likeness (QED) is 0.888. The van der Waals surface area contributed by atoms with Crippen LogP contribution in [0.2, 0.25) is 0 Å². The van der Waals surface area contributed by atoms with E-state index < -0.39 is 11.6 Å². The normalized spacial score (nSPS) is 29.6. The van der Waals surface area contributed by atoms with Gasteiger partial charge in [-0.05, 0) is 24.6 Å². The molecule has 3 heterocycles. The lowest BCUT2D eigenvalue weighted by molar-refractivity contribution is -0.00299. The molecule has 0 amide bonds. The van der Waals surface area contributed by atoms with E-state index in [1.165, 1.54) is 6.07 Å². The van der Waals surface area contributed by atoms with Crippen LogP contribution in [-0.2, 0) is 6.42 Å². The van der Waals surface area contributed by atoms with Crippen LogP contribution in [0.25, 0.3) is 0 Å². The van der Waals surface area contributed by atoms with Crippen LogP contribution in [0.3, 0.4) is 0 Å². The van der Waals surface area contributed by atoms with Gasteiger partial charge in [0.2, 0.25) is 0 Å². The number of nitrogens with one attached hydrogen (secondary N) is 1. The van der Waals surface area contributed by atoms with Crippen LogP contribution in [0.4, 0.5) is 8.78 Å². The van der Waals surface area contributed by atoms with Gasteiger partial charge in [-0.25, -0.2) is 8.78 Å². The first-order valence-corrected chi connectivity index (χ1v) is 7.81. The van der Waals surface area contributed by atoms with Gasteiger partial charge >= 0.3 is 0 Å². The van der Waals surface area contributed by atoms with Crippen LogP contribution in [0.5, 0.6) is 0 Å². The minimum atomic E-state index is -0.511. The second-order valence-electron chi connectivity index (χ2n) is 6.01. The Morgan fingerprint density at radius 3 is 2.57 bits per heavy atom. The minimum absolute atomic E-state index is 0.207. The zero-order chi connectivity index (χ0) is 14.8. The molecule has 0 aromatic heterocycles. The van der Waals surface area contributed by atoms with E-state index in [9.17, 15) is 8.78 Å². The molecule has 3 aliphatic heterocycles. The van der Waals surface area contributed by atoms with Crippen LogP contribution >= 0.6 is 0 Å². The third kappa shape index (κ3) is 3.25. The van der Waals surface area contributed by atoms with Crippen molar-refractivity contribution in [2.75, 3.05) is 39.3 Å². The van der Waals surface area contributed by atoms with Crippen LogP contribution in [0, 0.1) is 11.6 Å². The summed E-state index contributed by atoms with van der Waals surface area (Å²) in [5.74, 6) is -0.947. The molecule has 1 aromatic carbocycles. The second-order valence-corrected chi connectivity index (χ2v) is 6.01. The third-order valence-corrected chi connectivity index (χ3v) is 4.71. The summed E-state index contributed by atoms with van der Waals surface area (Å²) in [6.07, 6.45) is 0.606. The molecule has 116 valence electrons. The van der Waals surface area contributed by atoms with Gasteiger partial charge in [0.15, 0.2) is 0 Å². The fourth-order valence-corrected chi connectivity index (χ4v) is 3.57. The maximum Gasteiger partial charge on any atom is 0.129 e. The highest BCUT2D eigenvalue weighted by Gasteiger charge is 2.36. The number of likely N-dealkylation sites (N-methyl/N-ethyl adjacent to an activating group) is 1. The van der Waals surface area contributed by atoms with Gasteiger partial charge < -0.3 is 5.32 Å². The summed E-state index contributed by atoms with van der Waals surface area (Å²) in [6.45, 7) is 8.44. The molecule has 2 unspecified atom stereocenters. The summed E-state index contributed by atoms with van der Waals surface area (Å²) in [5.41, 5.74) is 0.597. The molecule has 2 bridgehead atoms. The van der Waals surface area contributed by atoms with Crippen molar-refractivity contribution < 1.29 is 8.78 Å². The first-order chi connectivity index (χ1) is 10.2. The Morgan fingerprint density at radius 2 is 2.00 bits per heavy atom. The van der Waals surface area contributed by atoms with E-state index in [0.717, 1.165) is 45.3 Å². The van der Waals surface area contributed by atoms with Crippen LogP contribution in [-0.4, -0.2) is 61.2 Å². The highest BCUT2D eigenvalue weighted by Crippen LogP contribution is 2.21. The Labute approximate surface area is 124 Å². The van der Waals surface area contributed by atoms with Gasteiger partial charge in [-0.3, -0.25) is 9.80 Å². The average Bonchev–Trinajstić information content (AvgIpc) is 2.50. The van der Waals surface area contributed by atoms with Crippen LogP contribution < -0.4 is 5.32 Å². The van der Waals surface area contributed by atoms with E-state index in [0.29, 0.717) is 18.0 Å². The Bertz CT molecular complexity index is 486. The molecule has 1 N–H and O–H groups in total. The number of fused-ring (bicyclic) bond motifs is 3. The molecule has 1 aromatic rings. The van der Waals surface area contributed by atoms with Crippen molar-refractivity contribution in [3.05, 3.63) is 35.4 Å². The van der Waals surface area contributed by atoms with E-state index in [-0.39, 0.29) is 6.04 Å². The monoisotopic (exact) mass is 295 g/mol. The summed E-state index contributed by atoms with van der Waals surface area (Å²) in [7, 11) is 0. The highest BCUT2D eigenvalue weighted by molar-refractivity contribution is 5.20. The van der Waals surface area contributed by atoms with Crippen LogP contribution in [0.15, 0.2) is 18.2 Å². The summed E-state index contributed by atoms with van der Waals surface area (Å²) >= 11 is 0. The second kappa shape index (κ2) is 6.38. The van der Waals surface area contributed by atoms with Crippen molar-refractivity contribution in [1.82, 2.24) is 15.1 Å². The summed E-state index contributed by atoms with van der Waals surface area (Å²) < 4.78 is 27.0. The summed E-state index contributed by atoms with van der Waals surface area (Å²) in [4.78, 5) is 4.99. The standard InChI is InChI=1S/C16H23F2N3/c1-2-19-15(9-12-3-4-13(17)10-14(12)18)16-11-20-5-7-21(16)8-6-20/h3-4,10,15-16,19H,2,5-9,11H2,1H3. The number of benzene rings is 1. The summed E-state index contributed by atoms with van der Waals surface area (Å²) in [5, 5.41) is 3.50. The molecule has 4 rings (SSSR count). The molecular weight excluding hydrogens is 272 g/mol. The topological polar surface area (TPSA) is 18.5 Å². The maximum atomic E-state index is 13.9. The molecule has 3 fully saturated rings. The van der Waals surface area contributed by atoms with Gasteiger partial charge in [-0.2, -0.15) is 0 Å². The van der Waals surface area contributed by atoms with Gasteiger partial charge in [0.1, 0.15) is 11.6 Å². The van der Waals surface area contributed by atoms with Crippen molar-refractivity contribution in [1.29, 1.82) is 0 Å². The number of rotatable bonds is 5. The molecule has 0 aliphatic carbocycles. The smallest absolute Gasteiger partial charge is 0.129 e. The van der Waals surface area contributed by atoms with Gasteiger partial charge in [0, 0.05) is 50.9 Å². The maximum absolute atomic E-state index is 13.9.